The van der Waals surface area contributed by atoms with Crippen molar-refractivity contribution in [3.63, 3.8) is 0 Å². The molecule has 10 heteroatoms. The second-order valence-electron chi connectivity index (χ2n) is 18.7. The van der Waals surface area contributed by atoms with Crippen molar-refractivity contribution in [2.24, 2.45) is 0 Å². The summed E-state index contributed by atoms with van der Waals surface area (Å²) in [5.74, 6) is 4.78. The van der Waals surface area contributed by atoms with Crippen LogP contribution in [0, 0.1) is 0 Å². The van der Waals surface area contributed by atoms with Crippen molar-refractivity contribution in [3.05, 3.63) is 264 Å². The van der Waals surface area contributed by atoms with Crippen LogP contribution in [-0.4, -0.2) is 49.0 Å². The van der Waals surface area contributed by atoms with Crippen LogP contribution >= 0.6 is 0 Å². The zero-order valence-corrected chi connectivity index (χ0v) is 39.6. The topological polar surface area (TPSA) is 113 Å². The van der Waals surface area contributed by atoms with Crippen molar-refractivity contribution >= 4 is 22.1 Å². The summed E-state index contributed by atoms with van der Waals surface area (Å²) in [5, 5.41) is 0. The normalized spacial score (nSPS) is 14.2. The fourth-order valence-electron chi connectivity index (χ4n) is 11.1. The number of nitrogens with zero attached hydrogens (tertiary/aromatic N) is 10. The third-order valence-corrected chi connectivity index (χ3v) is 14.4. The number of fused-ring (bicyclic) bond motifs is 2. The van der Waals surface area contributed by atoms with Gasteiger partial charge in [0.05, 0.1) is 22.1 Å². The second kappa shape index (κ2) is 16.8. The molecule has 346 valence electrons. The Kier molecular flexibility index (Phi) is 9.46. The van der Waals surface area contributed by atoms with Gasteiger partial charge in [0, 0.05) is 45.2 Å². The first-order valence-corrected chi connectivity index (χ1v) is 24.8. The summed E-state index contributed by atoms with van der Waals surface area (Å²) in [6.45, 7) is 0. The highest BCUT2D eigenvalue weighted by molar-refractivity contribution is 5.85. The SMILES string of the molecule is c1ccc(-c2nc(-c3ccc4c(c3)C3c5ccccc5C4c4cc(-c5nc(-c6ccccc6)nc(-n6c(-c7ccccc7)nc7ccccc76)n5)ccc43)nc(-n3c(-c4ccccc4)nc4ccccc43)n2)cc1. The fourth-order valence-corrected chi connectivity index (χ4v) is 11.1. The van der Waals surface area contributed by atoms with Gasteiger partial charge in [-0.25, -0.2) is 19.9 Å². The Bertz CT molecular complexity index is 4040. The summed E-state index contributed by atoms with van der Waals surface area (Å²) in [6.07, 6.45) is 0. The van der Waals surface area contributed by atoms with Gasteiger partial charge >= 0.3 is 0 Å². The lowest BCUT2D eigenvalue weighted by Crippen LogP contribution is -2.27. The van der Waals surface area contributed by atoms with Gasteiger partial charge in [-0.1, -0.05) is 194 Å². The van der Waals surface area contributed by atoms with Crippen LogP contribution in [0.1, 0.15) is 45.2 Å². The van der Waals surface area contributed by atoms with Crippen molar-refractivity contribution < 1.29 is 0 Å². The molecule has 0 fully saturated rings. The van der Waals surface area contributed by atoms with Gasteiger partial charge in [0.25, 0.3) is 0 Å². The smallest absolute Gasteiger partial charge is 0.240 e. The maximum Gasteiger partial charge on any atom is 0.240 e. The monoisotopic (exact) mass is 948 g/mol. The quantitative estimate of drug-likeness (QED) is 0.148. The average Bonchev–Trinajstić information content (AvgIpc) is 4.13. The van der Waals surface area contributed by atoms with Crippen LogP contribution in [-0.2, 0) is 0 Å². The first kappa shape index (κ1) is 41.7. The van der Waals surface area contributed by atoms with E-state index in [9.17, 15) is 0 Å². The Labute approximate surface area is 425 Å². The molecular weight excluding hydrogens is 909 g/mol. The summed E-state index contributed by atoms with van der Waals surface area (Å²) < 4.78 is 4.12. The molecular formula is C64H40N10. The molecule has 4 heterocycles. The minimum absolute atomic E-state index is 0.0353. The molecule has 0 N–H and O–H groups in total. The van der Waals surface area contributed by atoms with E-state index < -0.39 is 0 Å². The molecule has 0 aliphatic heterocycles. The number of para-hydroxylation sites is 4. The number of aromatic nitrogens is 10. The molecule has 13 aromatic rings. The maximum atomic E-state index is 5.32. The molecule has 2 atom stereocenters. The predicted molar refractivity (Wildman–Crippen MR) is 290 cm³/mol. The predicted octanol–water partition coefficient (Wildman–Crippen LogP) is 13.7. The van der Waals surface area contributed by atoms with Gasteiger partial charge in [0.1, 0.15) is 11.6 Å². The van der Waals surface area contributed by atoms with Gasteiger partial charge in [0.2, 0.25) is 11.9 Å². The minimum Gasteiger partial charge on any atom is -0.260 e. The van der Waals surface area contributed by atoms with E-state index in [0.717, 1.165) is 67.1 Å². The molecule has 9 aromatic carbocycles. The van der Waals surface area contributed by atoms with Gasteiger partial charge in [-0.2, -0.15) is 19.9 Å². The second-order valence-corrected chi connectivity index (χ2v) is 18.7. The first-order valence-electron chi connectivity index (χ1n) is 24.8. The summed E-state index contributed by atoms with van der Waals surface area (Å²) >= 11 is 0. The highest BCUT2D eigenvalue weighted by Crippen LogP contribution is 2.56. The van der Waals surface area contributed by atoms with E-state index in [4.69, 9.17) is 39.9 Å². The van der Waals surface area contributed by atoms with Gasteiger partial charge < -0.3 is 0 Å². The van der Waals surface area contributed by atoms with Crippen molar-refractivity contribution in [2.75, 3.05) is 0 Å². The third kappa shape index (κ3) is 6.73. The van der Waals surface area contributed by atoms with Crippen LogP contribution in [0.15, 0.2) is 231 Å². The molecule has 10 nitrogen and oxygen atoms in total. The number of hydrogen-bond acceptors (Lipinski definition) is 8. The first-order chi connectivity index (χ1) is 36.7. The summed E-state index contributed by atoms with van der Waals surface area (Å²) in [4.78, 5) is 41.7. The zero-order valence-electron chi connectivity index (χ0n) is 39.6. The van der Waals surface area contributed by atoms with Crippen LogP contribution in [0.5, 0.6) is 0 Å². The molecule has 0 spiro atoms. The van der Waals surface area contributed by atoms with Gasteiger partial charge in [0.15, 0.2) is 23.3 Å². The van der Waals surface area contributed by atoms with Crippen LogP contribution in [0.25, 0.3) is 102 Å². The lowest BCUT2D eigenvalue weighted by molar-refractivity contribution is 0.754. The van der Waals surface area contributed by atoms with E-state index >= 15 is 0 Å². The van der Waals surface area contributed by atoms with Crippen molar-refractivity contribution in [2.45, 2.75) is 11.8 Å². The molecule has 0 amide bonds. The summed E-state index contributed by atoms with van der Waals surface area (Å²) in [5.41, 5.74) is 16.7. The Hall–Kier alpha value is -10.1. The van der Waals surface area contributed by atoms with Gasteiger partial charge in [-0.15, -0.1) is 0 Å². The molecule has 0 saturated heterocycles. The average molecular weight is 949 g/mol. The highest BCUT2D eigenvalue weighted by atomic mass is 15.2. The lowest BCUT2D eigenvalue weighted by Gasteiger charge is -2.42. The van der Waals surface area contributed by atoms with Crippen LogP contribution < -0.4 is 0 Å². The van der Waals surface area contributed by atoms with E-state index in [0.29, 0.717) is 35.2 Å². The standard InChI is InChI=1S/C64H40N10/c1-5-19-39(20-6-1)57-67-59(71-63(69-57)73-53-31-17-15-29-51(53)65-61(73)41-23-9-3-10-24-41)43-33-35-47-49(37-43)55-45-27-13-14-28-46(45)56(47)50-38-44(34-36-48(50)55)60-68-58(40-21-7-2-8-22-40)70-64(72-60)74-54-32-18-16-30-52(54)66-62(74)42-25-11-4-12-26-42/h1-38,55-56H. The third-order valence-electron chi connectivity index (χ3n) is 14.4. The van der Waals surface area contributed by atoms with E-state index in [2.05, 4.69) is 106 Å². The molecule has 3 aliphatic rings. The number of hydrogen-bond donors (Lipinski definition) is 0. The highest BCUT2D eigenvalue weighted by Gasteiger charge is 2.42. The Balaban J connectivity index is 0.883. The van der Waals surface area contributed by atoms with E-state index in [1.165, 1.54) is 33.4 Å². The largest absolute Gasteiger partial charge is 0.260 e. The minimum atomic E-state index is -0.0353. The van der Waals surface area contributed by atoms with E-state index in [1.54, 1.807) is 0 Å². The van der Waals surface area contributed by atoms with Crippen LogP contribution in [0.3, 0.4) is 0 Å². The summed E-state index contributed by atoms with van der Waals surface area (Å²) in [7, 11) is 0. The maximum absolute atomic E-state index is 5.32. The van der Waals surface area contributed by atoms with Crippen molar-refractivity contribution in [1.82, 2.24) is 49.0 Å². The molecule has 2 bridgehead atoms. The van der Waals surface area contributed by atoms with Crippen LogP contribution in [0.2, 0.25) is 0 Å². The Morgan fingerprint density at radius 2 is 0.568 bits per heavy atom. The number of imidazole rings is 2. The van der Waals surface area contributed by atoms with E-state index in [-0.39, 0.29) is 11.8 Å². The zero-order chi connectivity index (χ0) is 48.7. The molecule has 4 aromatic heterocycles. The van der Waals surface area contributed by atoms with Crippen LogP contribution in [0.4, 0.5) is 0 Å². The Morgan fingerprint density at radius 1 is 0.243 bits per heavy atom. The van der Waals surface area contributed by atoms with Crippen molar-refractivity contribution in [1.29, 1.82) is 0 Å². The number of rotatable bonds is 8. The fraction of sp³-hybridized carbons (Fsp3) is 0.0312. The summed E-state index contributed by atoms with van der Waals surface area (Å²) in [6, 6.07) is 79.4. The van der Waals surface area contributed by atoms with Gasteiger partial charge in [-0.3, -0.25) is 9.13 Å². The van der Waals surface area contributed by atoms with E-state index in [1.807, 2.05) is 133 Å². The lowest BCUT2D eigenvalue weighted by atomic mass is 9.61. The number of benzene rings is 9. The van der Waals surface area contributed by atoms with Gasteiger partial charge in [-0.05, 0) is 69.8 Å². The molecule has 16 rings (SSSR count). The Morgan fingerprint density at radius 3 is 0.973 bits per heavy atom. The molecule has 0 saturated carbocycles. The molecule has 0 radical (unpaired) electrons. The molecule has 2 unspecified atom stereocenters. The van der Waals surface area contributed by atoms with Crippen molar-refractivity contribution in [3.8, 4) is 80.2 Å². The molecule has 74 heavy (non-hydrogen) atoms. The molecule has 3 aliphatic carbocycles.